The van der Waals surface area contributed by atoms with Crippen LogP contribution >= 0.6 is 0 Å². The highest BCUT2D eigenvalue weighted by molar-refractivity contribution is 5.48. The van der Waals surface area contributed by atoms with Crippen LogP contribution in [-0.4, -0.2) is 39.8 Å². The Hall–Kier alpha value is -3.82. The van der Waals surface area contributed by atoms with Gasteiger partial charge in [-0.25, -0.2) is 0 Å². The molecule has 0 spiro atoms. The van der Waals surface area contributed by atoms with E-state index in [1.165, 1.54) is 51.0 Å². The molecule has 4 aromatic rings. The van der Waals surface area contributed by atoms with Crippen molar-refractivity contribution in [2.24, 2.45) is 23.7 Å². The van der Waals surface area contributed by atoms with Crippen LogP contribution in [-0.2, 0) is 35.2 Å². The summed E-state index contributed by atoms with van der Waals surface area (Å²) < 4.78 is 101. The van der Waals surface area contributed by atoms with Crippen molar-refractivity contribution in [1.82, 2.24) is 0 Å². The molecule has 2 aliphatic rings. The lowest BCUT2D eigenvalue weighted by molar-refractivity contribution is -0.186. The summed E-state index contributed by atoms with van der Waals surface area (Å²) in [6.45, 7) is 3.71. The minimum Gasteiger partial charge on any atom is -0.457 e. The number of hydrogen-bond donors (Lipinski definition) is 0. The lowest BCUT2D eigenvalue weighted by atomic mass is 9.79. The summed E-state index contributed by atoms with van der Waals surface area (Å²) in [5.74, 6) is 0.171. The Bertz CT molecular complexity index is 1760. The zero-order chi connectivity index (χ0) is 42.2. The number of methoxy groups -OCH3 is 2. The van der Waals surface area contributed by atoms with Gasteiger partial charge in [0.2, 0.25) is 0 Å². The van der Waals surface area contributed by atoms with Gasteiger partial charge in [-0.3, -0.25) is 0 Å². The van der Waals surface area contributed by atoms with Gasteiger partial charge in [-0.1, -0.05) is 112 Å². The summed E-state index contributed by atoms with van der Waals surface area (Å²) in [5, 5.41) is 0. The predicted molar refractivity (Wildman–Crippen MR) is 222 cm³/mol. The number of ether oxygens (including phenoxy) is 3. The monoisotopic (exact) mass is 822 g/mol. The van der Waals surface area contributed by atoms with Gasteiger partial charge in [0, 0.05) is 27.1 Å². The normalized spacial score (nSPS) is 21.3. The van der Waals surface area contributed by atoms with Crippen LogP contribution in [0.15, 0.2) is 84.9 Å². The SMILES string of the molecule is COCC(Cc1ccc(Oc2ccc(CC(COC)C(F)(F)F)cc2Cc2ccc(C3CCC(C)CC3)cc2)c(Cc2ccc(C3CCC(C)CC3)cc2)c1)C(F)(F)F. The Morgan fingerprint density at radius 1 is 0.492 bits per heavy atom. The zero-order valence-electron chi connectivity index (χ0n) is 34.9. The van der Waals surface area contributed by atoms with Crippen LogP contribution in [0.1, 0.15) is 122 Å². The van der Waals surface area contributed by atoms with Crippen LogP contribution in [0.3, 0.4) is 0 Å². The molecule has 2 unspecified atom stereocenters. The molecule has 320 valence electrons. The van der Waals surface area contributed by atoms with Crippen molar-refractivity contribution >= 4 is 0 Å². The molecule has 0 radical (unpaired) electrons. The largest absolute Gasteiger partial charge is 0.457 e. The van der Waals surface area contributed by atoms with Crippen LogP contribution in [0.4, 0.5) is 26.3 Å². The molecule has 2 aliphatic carbocycles. The minimum absolute atomic E-state index is 0.249. The molecule has 0 aromatic heterocycles. The topological polar surface area (TPSA) is 27.7 Å². The first-order chi connectivity index (χ1) is 28.2. The summed E-state index contributed by atoms with van der Waals surface area (Å²) >= 11 is 0. The van der Waals surface area contributed by atoms with Crippen molar-refractivity contribution in [2.75, 3.05) is 27.4 Å². The molecule has 2 atom stereocenters. The van der Waals surface area contributed by atoms with Gasteiger partial charge in [0.05, 0.1) is 25.0 Å². The summed E-state index contributed by atoms with van der Waals surface area (Å²) in [6.07, 6.45) is 0.989. The molecule has 0 heterocycles. The average Bonchev–Trinajstić information content (AvgIpc) is 3.20. The van der Waals surface area contributed by atoms with Crippen molar-refractivity contribution in [1.29, 1.82) is 0 Å². The summed E-state index contributed by atoms with van der Waals surface area (Å²) in [4.78, 5) is 0. The van der Waals surface area contributed by atoms with E-state index in [2.05, 4.69) is 62.4 Å². The fourth-order valence-corrected chi connectivity index (χ4v) is 9.07. The van der Waals surface area contributed by atoms with Gasteiger partial charge in [-0.05, 0) is 119 Å². The Morgan fingerprint density at radius 3 is 1.15 bits per heavy atom. The van der Waals surface area contributed by atoms with E-state index in [1.807, 2.05) is 0 Å². The van der Waals surface area contributed by atoms with Gasteiger partial charge in [0.1, 0.15) is 11.5 Å². The Kier molecular flexibility index (Phi) is 15.3. The van der Waals surface area contributed by atoms with Gasteiger partial charge in [0.15, 0.2) is 0 Å². The van der Waals surface area contributed by atoms with Crippen molar-refractivity contribution in [2.45, 2.75) is 115 Å². The van der Waals surface area contributed by atoms with E-state index in [9.17, 15) is 26.3 Å². The van der Waals surface area contributed by atoms with E-state index < -0.39 is 37.4 Å². The van der Waals surface area contributed by atoms with E-state index >= 15 is 0 Å². The third-order valence-corrected chi connectivity index (χ3v) is 12.8. The van der Waals surface area contributed by atoms with Gasteiger partial charge >= 0.3 is 12.4 Å². The van der Waals surface area contributed by atoms with Crippen molar-refractivity contribution in [3.05, 3.63) is 129 Å². The summed E-state index contributed by atoms with van der Waals surface area (Å²) in [7, 11) is 2.54. The van der Waals surface area contributed by atoms with Gasteiger partial charge < -0.3 is 14.2 Å². The minimum atomic E-state index is -4.43. The molecule has 2 fully saturated rings. The Labute approximate surface area is 346 Å². The molecule has 4 aromatic carbocycles. The van der Waals surface area contributed by atoms with Crippen LogP contribution in [0, 0.1) is 23.7 Å². The molecule has 2 saturated carbocycles. The quantitative estimate of drug-likeness (QED) is 0.105. The highest BCUT2D eigenvalue weighted by Gasteiger charge is 2.40. The molecular formula is C50H60F6O3. The molecule has 0 aliphatic heterocycles. The molecule has 0 saturated heterocycles. The van der Waals surface area contributed by atoms with Crippen LogP contribution in [0.2, 0.25) is 0 Å². The number of benzene rings is 4. The van der Waals surface area contributed by atoms with Crippen LogP contribution in [0.25, 0.3) is 0 Å². The predicted octanol–water partition coefficient (Wildman–Crippen LogP) is 14.0. The first kappa shape index (κ1) is 44.7. The van der Waals surface area contributed by atoms with Crippen molar-refractivity contribution < 1.29 is 40.6 Å². The molecule has 0 bridgehead atoms. The number of rotatable bonds is 16. The number of hydrogen-bond acceptors (Lipinski definition) is 3. The van der Waals surface area contributed by atoms with Crippen LogP contribution < -0.4 is 4.74 Å². The van der Waals surface area contributed by atoms with E-state index in [4.69, 9.17) is 14.2 Å². The number of alkyl halides is 6. The second-order valence-electron chi connectivity index (χ2n) is 17.5. The zero-order valence-corrected chi connectivity index (χ0v) is 34.9. The van der Waals surface area contributed by atoms with Crippen molar-refractivity contribution in [3.63, 3.8) is 0 Å². The number of halogens is 6. The second-order valence-corrected chi connectivity index (χ2v) is 17.5. The lowest BCUT2D eigenvalue weighted by Crippen LogP contribution is -2.29. The van der Waals surface area contributed by atoms with Gasteiger partial charge in [-0.15, -0.1) is 0 Å². The maximum atomic E-state index is 14.0. The first-order valence-corrected chi connectivity index (χ1v) is 21.4. The standard InChI is InChI=1S/C50H60F6O3/c1-33-5-15-39(16-6-33)41-19-9-35(10-20-41)25-43-27-37(29-45(31-57-3)49(51,52)53)13-23-47(43)59-48-24-14-38(30-46(32-58-4)50(54,55)56)28-44(48)26-36-11-21-42(22-12-36)40-17-7-34(2)8-18-40/h9-14,19-24,27-28,33-34,39-40,45-46H,5-8,15-18,25-26,29-32H2,1-4H3. The highest BCUT2D eigenvalue weighted by atomic mass is 19.4. The van der Waals surface area contributed by atoms with Crippen molar-refractivity contribution in [3.8, 4) is 11.5 Å². The molecule has 6 rings (SSSR count). The Balaban J connectivity index is 1.32. The third-order valence-electron chi connectivity index (χ3n) is 12.8. The van der Waals surface area contributed by atoms with Gasteiger partial charge in [-0.2, -0.15) is 26.3 Å². The molecule has 0 N–H and O–H groups in total. The molecule has 59 heavy (non-hydrogen) atoms. The fourth-order valence-electron chi connectivity index (χ4n) is 9.07. The molecular weight excluding hydrogens is 763 g/mol. The lowest BCUT2D eigenvalue weighted by Gasteiger charge is -2.26. The first-order valence-electron chi connectivity index (χ1n) is 21.4. The van der Waals surface area contributed by atoms with Crippen LogP contribution in [0.5, 0.6) is 11.5 Å². The van der Waals surface area contributed by atoms with E-state index in [0.29, 0.717) is 47.3 Å². The van der Waals surface area contributed by atoms with E-state index in [1.54, 1.807) is 36.4 Å². The summed E-state index contributed by atoms with van der Waals surface area (Å²) in [6, 6.07) is 27.4. The maximum absolute atomic E-state index is 14.0. The fraction of sp³-hybridized carbons (Fsp3) is 0.520. The second kappa shape index (κ2) is 20.2. The smallest absolute Gasteiger partial charge is 0.394 e. The average molecular weight is 823 g/mol. The summed E-state index contributed by atoms with van der Waals surface area (Å²) in [5.41, 5.74) is 7.09. The molecule has 3 nitrogen and oxygen atoms in total. The molecule has 0 amide bonds. The van der Waals surface area contributed by atoms with E-state index in [-0.39, 0.29) is 12.8 Å². The van der Waals surface area contributed by atoms with Gasteiger partial charge in [0.25, 0.3) is 0 Å². The third kappa shape index (κ3) is 12.6. The Morgan fingerprint density at radius 2 is 0.831 bits per heavy atom. The van der Waals surface area contributed by atoms with E-state index in [0.717, 1.165) is 59.8 Å². The highest BCUT2D eigenvalue weighted by Crippen LogP contribution is 2.39. The maximum Gasteiger partial charge on any atom is 0.394 e. The molecule has 9 heteroatoms.